The van der Waals surface area contributed by atoms with Gasteiger partial charge in [-0.05, 0) is 23.8 Å². The standard InChI is InChI=1S/C17H13BrFNO/c18-10-12-7-15(19)9-16(8-12)21-11-14-4-1-3-13-5-2-6-20-17(13)14/h1-9H,10-11H2. The highest BCUT2D eigenvalue weighted by molar-refractivity contribution is 9.08. The Bertz CT molecular complexity index is 770. The summed E-state index contributed by atoms with van der Waals surface area (Å²) in [6.07, 6.45) is 1.76. The van der Waals surface area contributed by atoms with Crippen molar-refractivity contribution in [3.8, 4) is 5.75 Å². The number of aromatic nitrogens is 1. The van der Waals surface area contributed by atoms with E-state index in [0.29, 0.717) is 17.7 Å². The molecule has 106 valence electrons. The molecule has 0 N–H and O–H groups in total. The second kappa shape index (κ2) is 6.22. The van der Waals surface area contributed by atoms with Gasteiger partial charge in [-0.3, -0.25) is 4.98 Å². The van der Waals surface area contributed by atoms with E-state index in [1.807, 2.05) is 36.4 Å². The molecule has 1 aromatic heterocycles. The summed E-state index contributed by atoms with van der Waals surface area (Å²) in [5.41, 5.74) is 2.75. The van der Waals surface area contributed by atoms with Crippen LogP contribution in [0.4, 0.5) is 4.39 Å². The molecule has 0 unspecified atom stereocenters. The molecule has 0 bridgehead atoms. The van der Waals surface area contributed by atoms with Gasteiger partial charge in [0.05, 0.1) is 5.52 Å². The summed E-state index contributed by atoms with van der Waals surface area (Å²) >= 11 is 3.32. The maximum absolute atomic E-state index is 13.5. The van der Waals surface area contributed by atoms with Crippen molar-refractivity contribution in [2.45, 2.75) is 11.9 Å². The monoisotopic (exact) mass is 345 g/mol. The maximum Gasteiger partial charge on any atom is 0.127 e. The second-order valence-corrected chi connectivity index (χ2v) is 5.27. The van der Waals surface area contributed by atoms with Crippen LogP contribution in [0.3, 0.4) is 0 Å². The van der Waals surface area contributed by atoms with Gasteiger partial charge in [0.25, 0.3) is 0 Å². The van der Waals surface area contributed by atoms with Gasteiger partial charge < -0.3 is 4.74 Å². The van der Waals surface area contributed by atoms with E-state index in [1.54, 1.807) is 6.20 Å². The molecule has 0 aliphatic rings. The quantitative estimate of drug-likeness (QED) is 0.630. The number of hydrogen-bond donors (Lipinski definition) is 0. The molecule has 4 heteroatoms. The molecule has 0 fully saturated rings. The Morgan fingerprint density at radius 3 is 2.81 bits per heavy atom. The number of rotatable bonds is 4. The number of fused-ring (bicyclic) bond motifs is 1. The van der Waals surface area contributed by atoms with Crippen LogP contribution in [-0.2, 0) is 11.9 Å². The van der Waals surface area contributed by atoms with E-state index in [1.165, 1.54) is 12.1 Å². The first kappa shape index (κ1) is 14.0. The van der Waals surface area contributed by atoms with E-state index >= 15 is 0 Å². The van der Waals surface area contributed by atoms with Gasteiger partial charge in [0.2, 0.25) is 0 Å². The molecule has 21 heavy (non-hydrogen) atoms. The van der Waals surface area contributed by atoms with Crippen LogP contribution in [0, 0.1) is 5.82 Å². The third kappa shape index (κ3) is 3.22. The zero-order valence-electron chi connectivity index (χ0n) is 11.2. The van der Waals surface area contributed by atoms with Crippen molar-refractivity contribution in [3.63, 3.8) is 0 Å². The summed E-state index contributed by atoms with van der Waals surface area (Å²) in [7, 11) is 0. The Balaban J connectivity index is 1.85. The first-order chi connectivity index (χ1) is 10.3. The molecule has 2 aromatic carbocycles. The average Bonchev–Trinajstić information content (AvgIpc) is 2.52. The summed E-state index contributed by atoms with van der Waals surface area (Å²) in [4.78, 5) is 4.38. The second-order valence-electron chi connectivity index (χ2n) is 4.71. The highest BCUT2D eigenvalue weighted by Crippen LogP contribution is 2.21. The summed E-state index contributed by atoms with van der Waals surface area (Å²) in [5, 5.41) is 1.66. The topological polar surface area (TPSA) is 22.1 Å². The normalized spacial score (nSPS) is 10.8. The Kier molecular flexibility index (Phi) is 4.15. The number of para-hydroxylation sites is 1. The average molecular weight is 346 g/mol. The summed E-state index contributed by atoms with van der Waals surface area (Å²) in [6.45, 7) is 0.361. The predicted octanol–water partition coefficient (Wildman–Crippen LogP) is 4.85. The minimum atomic E-state index is -0.294. The predicted molar refractivity (Wildman–Crippen MR) is 85.1 cm³/mol. The number of alkyl halides is 1. The van der Waals surface area contributed by atoms with E-state index in [0.717, 1.165) is 22.0 Å². The molecular weight excluding hydrogens is 333 g/mol. The van der Waals surface area contributed by atoms with Crippen molar-refractivity contribution in [2.24, 2.45) is 0 Å². The molecule has 3 aromatic rings. The lowest BCUT2D eigenvalue weighted by molar-refractivity contribution is 0.305. The zero-order valence-corrected chi connectivity index (χ0v) is 12.8. The minimum Gasteiger partial charge on any atom is -0.489 e. The van der Waals surface area contributed by atoms with Gasteiger partial charge in [-0.2, -0.15) is 0 Å². The van der Waals surface area contributed by atoms with Crippen molar-refractivity contribution in [1.82, 2.24) is 4.98 Å². The molecule has 3 rings (SSSR count). The Morgan fingerprint density at radius 1 is 1.10 bits per heavy atom. The Hall–Kier alpha value is -1.94. The highest BCUT2D eigenvalue weighted by Gasteiger charge is 2.05. The fourth-order valence-electron chi connectivity index (χ4n) is 2.23. The van der Waals surface area contributed by atoms with Gasteiger partial charge >= 0.3 is 0 Å². The lowest BCUT2D eigenvalue weighted by atomic mass is 10.1. The molecule has 0 radical (unpaired) electrons. The van der Waals surface area contributed by atoms with E-state index in [-0.39, 0.29) is 5.82 Å². The van der Waals surface area contributed by atoms with Gasteiger partial charge in [0.15, 0.2) is 0 Å². The van der Waals surface area contributed by atoms with Crippen molar-refractivity contribution in [2.75, 3.05) is 0 Å². The maximum atomic E-state index is 13.5. The van der Waals surface area contributed by atoms with Crippen LogP contribution in [0.25, 0.3) is 10.9 Å². The number of pyridine rings is 1. The minimum absolute atomic E-state index is 0.294. The largest absolute Gasteiger partial charge is 0.489 e. The molecule has 2 nitrogen and oxygen atoms in total. The number of halogens is 2. The fourth-order valence-corrected chi connectivity index (χ4v) is 2.55. The Labute approximate surface area is 130 Å². The van der Waals surface area contributed by atoms with Crippen molar-refractivity contribution >= 4 is 26.8 Å². The van der Waals surface area contributed by atoms with E-state index < -0.39 is 0 Å². The van der Waals surface area contributed by atoms with Crippen molar-refractivity contribution < 1.29 is 9.13 Å². The van der Waals surface area contributed by atoms with Crippen molar-refractivity contribution in [1.29, 1.82) is 0 Å². The number of hydrogen-bond acceptors (Lipinski definition) is 2. The van der Waals surface area contributed by atoms with Gasteiger partial charge in [-0.25, -0.2) is 4.39 Å². The highest BCUT2D eigenvalue weighted by atomic mass is 79.9. The summed E-state index contributed by atoms with van der Waals surface area (Å²) < 4.78 is 19.2. The molecule has 0 atom stereocenters. The van der Waals surface area contributed by atoms with Crippen LogP contribution >= 0.6 is 15.9 Å². The van der Waals surface area contributed by atoms with E-state index in [2.05, 4.69) is 20.9 Å². The molecule has 0 aliphatic heterocycles. The van der Waals surface area contributed by atoms with Gasteiger partial charge in [-0.1, -0.05) is 40.2 Å². The first-order valence-electron chi connectivity index (χ1n) is 6.57. The molecule has 0 spiro atoms. The lowest BCUT2D eigenvalue weighted by Gasteiger charge is -2.09. The van der Waals surface area contributed by atoms with E-state index in [9.17, 15) is 4.39 Å². The molecule has 0 amide bonds. The fraction of sp³-hybridized carbons (Fsp3) is 0.118. The van der Waals surface area contributed by atoms with Crippen LogP contribution in [0.2, 0.25) is 0 Å². The van der Waals surface area contributed by atoms with Gasteiger partial charge in [0, 0.05) is 28.5 Å². The lowest BCUT2D eigenvalue weighted by Crippen LogP contribution is -1.98. The van der Waals surface area contributed by atoms with Crippen LogP contribution in [0.1, 0.15) is 11.1 Å². The van der Waals surface area contributed by atoms with Crippen LogP contribution in [0.15, 0.2) is 54.7 Å². The van der Waals surface area contributed by atoms with Gasteiger partial charge in [-0.15, -0.1) is 0 Å². The van der Waals surface area contributed by atoms with Gasteiger partial charge in [0.1, 0.15) is 18.2 Å². The number of nitrogens with zero attached hydrogens (tertiary/aromatic N) is 1. The number of ether oxygens (including phenoxy) is 1. The molecule has 0 saturated carbocycles. The van der Waals surface area contributed by atoms with Crippen LogP contribution in [0.5, 0.6) is 5.75 Å². The third-order valence-electron chi connectivity index (χ3n) is 3.20. The molecule has 1 heterocycles. The number of benzene rings is 2. The van der Waals surface area contributed by atoms with Crippen LogP contribution in [-0.4, -0.2) is 4.98 Å². The molecular formula is C17H13BrFNO. The molecule has 0 saturated heterocycles. The third-order valence-corrected chi connectivity index (χ3v) is 3.84. The SMILES string of the molecule is Fc1cc(CBr)cc(OCc2cccc3cccnc23)c1. The van der Waals surface area contributed by atoms with Crippen molar-refractivity contribution in [3.05, 3.63) is 71.7 Å². The summed E-state index contributed by atoms with van der Waals surface area (Å²) in [6, 6.07) is 14.6. The Morgan fingerprint density at radius 2 is 1.95 bits per heavy atom. The van der Waals surface area contributed by atoms with Crippen LogP contribution < -0.4 is 4.74 Å². The zero-order chi connectivity index (χ0) is 14.7. The molecule has 0 aliphatic carbocycles. The summed E-state index contributed by atoms with van der Waals surface area (Å²) in [5.74, 6) is 0.232. The smallest absolute Gasteiger partial charge is 0.127 e. The van der Waals surface area contributed by atoms with E-state index in [4.69, 9.17) is 4.74 Å². The first-order valence-corrected chi connectivity index (χ1v) is 7.69.